The van der Waals surface area contributed by atoms with Crippen LogP contribution >= 0.6 is 0 Å². The Morgan fingerprint density at radius 1 is 1.00 bits per heavy atom. The third-order valence-electron chi connectivity index (χ3n) is 6.58. The van der Waals surface area contributed by atoms with Crippen molar-refractivity contribution in [3.63, 3.8) is 0 Å². The molecule has 0 spiro atoms. The summed E-state index contributed by atoms with van der Waals surface area (Å²) < 4.78 is 3.29. The topological polar surface area (TPSA) is 97.1 Å². The second-order valence-corrected chi connectivity index (χ2v) is 8.96. The van der Waals surface area contributed by atoms with Gasteiger partial charge in [0.05, 0.1) is 0 Å². The van der Waals surface area contributed by atoms with Gasteiger partial charge in [0, 0.05) is 51.9 Å². The van der Waals surface area contributed by atoms with Crippen LogP contribution in [0.1, 0.15) is 41.8 Å². The number of aryl methyl sites for hydroxylation is 2. The number of benzene rings is 1. The van der Waals surface area contributed by atoms with E-state index in [1.807, 2.05) is 18.3 Å². The van der Waals surface area contributed by atoms with Crippen LogP contribution < -0.4 is 21.2 Å². The zero-order chi connectivity index (χ0) is 23.3. The lowest BCUT2D eigenvalue weighted by molar-refractivity contribution is 0.240. The lowest BCUT2D eigenvalue weighted by Gasteiger charge is -2.29. The van der Waals surface area contributed by atoms with Crippen LogP contribution in [0, 0.1) is 0 Å². The zero-order valence-corrected chi connectivity index (χ0v) is 19.4. The van der Waals surface area contributed by atoms with Crippen molar-refractivity contribution in [3.8, 4) is 0 Å². The number of nitrogens with zero attached hydrogens (tertiary/aromatic N) is 5. The summed E-state index contributed by atoms with van der Waals surface area (Å²) in [5.74, 6) is 1.84. The standard InChI is InChI=1S/C25H31N7O2/c33-24(26-12-5-14-32-25(34)31-13-4-3-8-23(31)29-32)28-17-19-9-10-22(27-16-19)30-15-11-20-6-1-2-7-21(20)18-30/h1-2,6-7,9-10,16H,3-5,8,11-15,17-18H2,(H2,26,28,33). The van der Waals surface area contributed by atoms with Crippen LogP contribution in [-0.2, 0) is 39.0 Å². The minimum Gasteiger partial charge on any atom is -0.352 e. The van der Waals surface area contributed by atoms with Gasteiger partial charge in [0.2, 0.25) is 0 Å². The van der Waals surface area contributed by atoms with Crippen molar-refractivity contribution < 1.29 is 4.79 Å². The Balaban J connectivity index is 1.04. The van der Waals surface area contributed by atoms with Gasteiger partial charge in [-0.15, -0.1) is 0 Å². The minimum atomic E-state index is -0.229. The summed E-state index contributed by atoms with van der Waals surface area (Å²) in [4.78, 5) is 31.4. The van der Waals surface area contributed by atoms with E-state index in [1.54, 1.807) is 4.57 Å². The van der Waals surface area contributed by atoms with Gasteiger partial charge in [-0.1, -0.05) is 30.3 Å². The molecule has 34 heavy (non-hydrogen) atoms. The molecular weight excluding hydrogens is 430 g/mol. The van der Waals surface area contributed by atoms with Crippen LogP contribution in [0.25, 0.3) is 0 Å². The van der Waals surface area contributed by atoms with E-state index < -0.39 is 0 Å². The van der Waals surface area contributed by atoms with Crippen molar-refractivity contribution in [2.24, 2.45) is 0 Å². The highest BCUT2D eigenvalue weighted by atomic mass is 16.2. The molecule has 5 rings (SSSR count). The fraction of sp³-hybridized carbons (Fsp3) is 0.440. The normalized spacial score (nSPS) is 14.9. The molecule has 0 aliphatic carbocycles. The highest BCUT2D eigenvalue weighted by Crippen LogP contribution is 2.23. The van der Waals surface area contributed by atoms with Crippen LogP contribution in [0.5, 0.6) is 0 Å². The van der Waals surface area contributed by atoms with Crippen molar-refractivity contribution in [1.82, 2.24) is 30.0 Å². The lowest BCUT2D eigenvalue weighted by Crippen LogP contribution is -2.36. The van der Waals surface area contributed by atoms with E-state index in [1.165, 1.54) is 15.8 Å². The number of urea groups is 1. The van der Waals surface area contributed by atoms with Crippen molar-refractivity contribution in [2.45, 2.75) is 58.3 Å². The Kier molecular flexibility index (Phi) is 6.60. The first kappa shape index (κ1) is 22.2. The SMILES string of the molecule is O=C(NCCCn1nc2n(c1=O)CCCC2)NCc1ccc(N2CCc3ccccc3C2)nc1. The van der Waals surface area contributed by atoms with Crippen molar-refractivity contribution in [1.29, 1.82) is 0 Å². The van der Waals surface area contributed by atoms with Crippen molar-refractivity contribution >= 4 is 11.8 Å². The molecule has 0 bridgehead atoms. The van der Waals surface area contributed by atoms with Gasteiger partial charge in [-0.2, -0.15) is 5.10 Å². The maximum absolute atomic E-state index is 12.3. The molecule has 0 saturated carbocycles. The largest absolute Gasteiger partial charge is 0.352 e. The summed E-state index contributed by atoms with van der Waals surface area (Å²) >= 11 is 0. The van der Waals surface area contributed by atoms with Crippen LogP contribution in [0.4, 0.5) is 10.6 Å². The molecule has 2 aromatic heterocycles. The monoisotopic (exact) mass is 461 g/mol. The molecule has 0 atom stereocenters. The molecular formula is C25H31N7O2. The summed E-state index contributed by atoms with van der Waals surface area (Å²) in [5, 5.41) is 10.1. The van der Waals surface area contributed by atoms with Crippen LogP contribution in [0.15, 0.2) is 47.4 Å². The Morgan fingerprint density at radius 2 is 1.88 bits per heavy atom. The summed E-state index contributed by atoms with van der Waals surface area (Å²) in [7, 11) is 0. The van der Waals surface area contributed by atoms with E-state index in [0.717, 1.165) is 62.5 Å². The van der Waals surface area contributed by atoms with E-state index in [-0.39, 0.29) is 11.7 Å². The second-order valence-electron chi connectivity index (χ2n) is 8.96. The lowest BCUT2D eigenvalue weighted by atomic mass is 10.00. The van der Waals surface area contributed by atoms with Crippen molar-refractivity contribution in [3.05, 3.63) is 75.6 Å². The Morgan fingerprint density at radius 3 is 2.71 bits per heavy atom. The van der Waals surface area contributed by atoms with Crippen LogP contribution in [0.2, 0.25) is 0 Å². The molecule has 0 radical (unpaired) electrons. The molecule has 9 heteroatoms. The molecule has 9 nitrogen and oxygen atoms in total. The fourth-order valence-corrected chi connectivity index (χ4v) is 4.67. The van der Waals surface area contributed by atoms with Gasteiger partial charge in [0.15, 0.2) is 0 Å². The summed E-state index contributed by atoms with van der Waals surface area (Å²) in [5.41, 5.74) is 3.69. The van der Waals surface area contributed by atoms with Crippen LogP contribution in [-0.4, -0.2) is 38.5 Å². The molecule has 0 fully saturated rings. The van der Waals surface area contributed by atoms with E-state index >= 15 is 0 Å². The van der Waals surface area contributed by atoms with E-state index in [0.29, 0.717) is 26.1 Å². The number of anilines is 1. The molecule has 0 unspecified atom stereocenters. The predicted molar refractivity (Wildman–Crippen MR) is 130 cm³/mol. The first-order valence-corrected chi connectivity index (χ1v) is 12.1. The highest BCUT2D eigenvalue weighted by molar-refractivity contribution is 5.73. The number of carbonyl (C=O) groups is 1. The molecule has 2 N–H and O–H groups in total. The maximum Gasteiger partial charge on any atom is 0.345 e. The zero-order valence-electron chi connectivity index (χ0n) is 19.4. The number of pyridine rings is 1. The number of hydrogen-bond donors (Lipinski definition) is 2. The minimum absolute atomic E-state index is 0.0381. The third-order valence-corrected chi connectivity index (χ3v) is 6.58. The molecule has 4 heterocycles. The molecule has 1 aromatic carbocycles. The third kappa shape index (κ3) is 4.98. The Labute approximate surface area is 198 Å². The van der Waals surface area contributed by atoms with Gasteiger partial charge in [0.1, 0.15) is 11.6 Å². The van der Waals surface area contributed by atoms with Gasteiger partial charge in [-0.05, 0) is 48.4 Å². The predicted octanol–water partition coefficient (Wildman–Crippen LogP) is 2.23. The molecule has 2 aliphatic heterocycles. The first-order valence-electron chi connectivity index (χ1n) is 12.1. The molecule has 0 saturated heterocycles. The molecule has 178 valence electrons. The van der Waals surface area contributed by atoms with E-state index in [9.17, 15) is 9.59 Å². The molecule has 2 amide bonds. The van der Waals surface area contributed by atoms with Gasteiger partial charge in [-0.3, -0.25) is 4.57 Å². The van der Waals surface area contributed by atoms with Gasteiger partial charge >= 0.3 is 11.7 Å². The number of carbonyl (C=O) groups excluding carboxylic acids is 1. The summed E-state index contributed by atoms with van der Waals surface area (Å²) in [6, 6.07) is 12.4. The molecule has 2 aliphatic rings. The maximum atomic E-state index is 12.3. The number of amides is 2. The smallest absolute Gasteiger partial charge is 0.345 e. The first-order chi connectivity index (χ1) is 16.7. The fourth-order valence-electron chi connectivity index (χ4n) is 4.67. The van der Waals surface area contributed by atoms with Crippen LogP contribution in [0.3, 0.4) is 0 Å². The molecule has 3 aromatic rings. The van der Waals surface area contributed by atoms with E-state index in [2.05, 4.69) is 49.9 Å². The number of rotatable bonds is 7. The van der Waals surface area contributed by atoms with E-state index in [4.69, 9.17) is 0 Å². The quantitative estimate of drug-likeness (QED) is 0.526. The summed E-state index contributed by atoms with van der Waals surface area (Å²) in [6.45, 7) is 3.99. The number of hydrogen-bond acceptors (Lipinski definition) is 5. The van der Waals surface area contributed by atoms with Crippen molar-refractivity contribution in [2.75, 3.05) is 18.0 Å². The Bertz CT molecular complexity index is 1200. The average molecular weight is 462 g/mol. The van der Waals surface area contributed by atoms with Gasteiger partial charge < -0.3 is 15.5 Å². The number of nitrogens with one attached hydrogen (secondary N) is 2. The van der Waals surface area contributed by atoms with Gasteiger partial charge in [0.25, 0.3) is 0 Å². The number of aromatic nitrogens is 4. The van der Waals surface area contributed by atoms with Gasteiger partial charge in [-0.25, -0.2) is 19.3 Å². The highest BCUT2D eigenvalue weighted by Gasteiger charge is 2.17. The summed E-state index contributed by atoms with van der Waals surface area (Å²) in [6.07, 6.45) is 6.49. The number of fused-ring (bicyclic) bond motifs is 2. The second kappa shape index (κ2) is 10.1. The Hall–Kier alpha value is -3.62. The average Bonchev–Trinajstić information content (AvgIpc) is 3.21.